The monoisotopic (exact) mass is 398 g/mol. The molecule has 0 bridgehead atoms. The van der Waals surface area contributed by atoms with E-state index in [2.05, 4.69) is 5.32 Å². The van der Waals surface area contributed by atoms with Crippen LogP contribution in [0, 0.1) is 0 Å². The molecule has 0 fully saturated rings. The number of carbonyl (C=O) groups excluding carboxylic acids is 1. The molecular weight excluding hydrogens is 383 g/mol. The summed E-state index contributed by atoms with van der Waals surface area (Å²) < 4.78 is 25.2. The molecule has 0 unspecified atom stereocenters. The van der Waals surface area contributed by atoms with Crippen LogP contribution in [0.4, 0.5) is 11.4 Å². The van der Waals surface area contributed by atoms with Crippen molar-refractivity contribution in [3.05, 3.63) is 57.6 Å². The Kier molecular flexibility index (Phi) is 4.95. The van der Waals surface area contributed by atoms with Gasteiger partial charge in [0.05, 0.1) is 22.7 Å². The fourth-order valence-electron chi connectivity index (χ4n) is 2.83. The van der Waals surface area contributed by atoms with Gasteiger partial charge in [0.2, 0.25) is 10.0 Å². The zero-order valence-electron chi connectivity index (χ0n) is 13.4. The van der Waals surface area contributed by atoms with Crippen molar-refractivity contribution >= 4 is 50.5 Å². The lowest BCUT2D eigenvalue weighted by Crippen LogP contribution is -2.34. The Bertz CT molecular complexity index is 945. The number of nitrogens with one attached hydrogen (secondary N) is 1. The molecule has 1 N–H and O–H groups in total. The minimum absolute atomic E-state index is 0.316. The Hall–Kier alpha value is -1.76. The first-order chi connectivity index (χ1) is 11.8. The molecule has 0 aliphatic carbocycles. The Morgan fingerprint density at radius 3 is 2.60 bits per heavy atom. The van der Waals surface area contributed by atoms with Crippen LogP contribution in [0.1, 0.15) is 22.3 Å². The van der Waals surface area contributed by atoms with Crippen LogP contribution in [-0.4, -0.2) is 27.1 Å². The third-order valence-corrected chi connectivity index (χ3v) is 5.73. The molecular formula is C17H16Cl2N2O3S. The molecule has 1 amide bonds. The second-order valence-corrected chi connectivity index (χ2v) is 8.61. The molecule has 2 aromatic rings. The molecule has 0 atom stereocenters. The highest BCUT2D eigenvalue weighted by atomic mass is 35.5. The minimum atomic E-state index is -3.33. The summed E-state index contributed by atoms with van der Waals surface area (Å²) in [6, 6.07) is 9.84. The molecule has 0 saturated carbocycles. The van der Waals surface area contributed by atoms with Crippen molar-refractivity contribution in [3.8, 4) is 0 Å². The molecule has 5 nitrogen and oxygen atoms in total. The van der Waals surface area contributed by atoms with Crippen LogP contribution in [-0.2, 0) is 16.4 Å². The van der Waals surface area contributed by atoms with Gasteiger partial charge in [0.1, 0.15) is 0 Å². The zero-order valence-corrected chi connectivity index (χ0v) is 15.7. The molecule has 0 spiro atoms. The van der Waals surface area contributed by atoms with Crippen molar-refractivity contribution in [1.82, 2.24) is 0 Å². The van der Waals surface area contributed by atoms with Crippen LogP contribution < -0.4 is 9.62 Å². The van der Waals surface area contributed by atoms with E-state index in [-0.39, 0.29) is 5.91 Å². The number of hydrogen-bond donors (Lipinski definition) is 1. The average Bonchev–Trinajstić information content (AvgIpc) is 2.55. The van der Waals surface area contributed by atoms with Crippen molar-refractivity contribution < 1.29 is 13.2 Å². The zero-order chi connectivity index (χ0) is 18.2. The number of nitrogens with zero attached hydrogens (tertiary/aromatic N) is 1. The molecule has 25 heavy (non-hydrogen) atoms. The molecule has 1 aliphatic rings. The van der Waals surface area contributed by atoms with Crippen LogP contribution in [0.5, 0.6) is 0 Å². The van der Waals surface area contributed by atoms with Crippen LogP contribution in [0.2, 0.25) is 10.0 Å². The topological polar surface area (TPSA) is 66.5 Å². The SMILES string of the molecule is CS(=O)(=O)N1CCCc2cc(C(=O)Nc3ccc(Cl)cc3Cl)ccc21. The highest BCUT2D eigenvalue weighted by molar-refractivity contribution is 7.92. The van der Waals surface area contributed by atoms with Crippen molar-refractivity contribution in [1.29, 1.82) is 0 Å². The second kappa shape index (κ2) is 6.86. The van der Waals surface area contributed by atoms with Gasteiger partial charge in [0.25, 0.3) is 5.91 Å². The highest BCUT2D eigenvalue weighted by Gasteiger charge is 2.24. The predicted molar refractivity (Wildman–Crippen MR) is 101 cm³/mol. The van der Waals surface area contributed by atoms with Gasteiger partial charge in [-0.2, -0.15) is 0 Å². The third-order valence-electron chi connectivity index (χ3n) is 4.00. The van der Waals surface area contributed by atoms with E-state index in [0.717, 1.165) is 12.0 Å². The van der Waals surface area contributed by atoms with E-state index >= 15 is 0 Å². The standard InChI is InChI=1S/C17H16Cl2N2O3S/c1-25(23,24)21-8-2-3-11-9-12(4-7-16(11)21)17(22)20-15-6-5-13(18)10-14(15)19/h4-7,9-10H,2-3,8H2,1H3,(H,20,22). The number of halogens is 2. The van der Waals surface area contributed by atoms with Crippen LogP contribution >= 0.6 is 23.2 Å². The molecule has 132 valence electrons. The van der Waals surface area contributed by atoms with Crippen molar-refractivity contribution in [2.45, 2.75) is 12.8 Å². The summed E-state index contributed by atoms with van der Waals surface area (Å²) in [4.78, 5) is 12.5. The molecule has 1 heterocycles. The highest BCUT2D eigenvalue weighted by Crippen LogP contribution is 2.31. The summed E-state index contributed by atoms with van der Waals surface area (Å²) in [5.41, 5.74) is 2.38. The van der Waals surface area contributed by atoms with Gasteiger partial charge in [0.15, 0.2) is 0 Å². The lowest BCUT2D eigenvalue weighted by atomic mass is 10.0. The quantitative estimate of drug-likeness (QED) is 0.850. The summed E-state index contributed by atoms with van der Waals surface area (Å²) in [6.45, 7) is 0.456. The first-order valence-corrected chi connectivity index (χ1v) is 10.2. The maximum absolute atomic E-state index is 12.5. The minimum Gasteiger partial charge on any atom is -0.321 e. The first-order valence-electron chi connectivity index (χ1n) is 7.63. The molecule has 1 aliphatic heterocycles. The van der Waals surface area contributed by atoms with Crippen LogP contribution in [0.25, 0.3) is 0 Å². The largest absolute Gasteiger partial charge is 0.321 e. The summed E-state index contributed by atoms with van der Waals surface area (Å²) in [5, 5.41) is 3.57. The van der Waals surface area contributed by atoms with Gasteiger partial charge in [-0.15, -0.1) is 0 Å². The van der Waals surface area contributed by atoms with Gasteiger partial charge in [-0.1, -0.05) is 23.2 Å². The Balaban J connectivity index is 1.88. The summed E-state index contributed by atoms with van der Waals surface area (Å²) in [5.74, 6) is -0.316. The van der Waals surface area contributed by atoms with Crippen molar-refractivity contribution in [2.75, 3.05) is 22.4 Å². The van der Waals surface area contributed by atoms with Crippen molar-refractivity contribution in [3.63, 3.8) is 0 Å². The molecule has 0 aromatic heterocycles. The molecule has 2 aromatic carbocycles. The van der Waals surface area contributed by atoms with E-state index in [1.165, 1.54) is 10.6 Å². The number of sulfonamides is 1. The number of benzene rings is 2. The maximum Gasteiger partial charge on any atom is 0.255 e. The lowest BCUT2D eigenvalue weighted by molar-refractivity contribution is 0.102. The van der Waals surface area contributed by atoms with E-state index in [4.69, 9.17) is 23.2 Å². The Labute approximate surface area is 156 Å². The molecule has 3 rings (SSSR count). The number of hydrogen-bond acceptors (Lipinski definition) is 3. The smallest absolute Gasteiger partial charge is 0.255 e. The fourth-order valence-corrected chi connectivity index (χ4v) is 4.29. The van der Waals surface area contributed by atoms with Crippen LogP contribution in [0.3, 0.4) is 0 Å². The second-order valence-electron chi connectivity index (χ2n) is 5.86. The van der Waals surface area contributed by atoms with E-state index < -0.39 is 10.0 Å². The third kappa shape index (κ3) is 3.92. The molecule has 0 saturated heterocycles. The van der Waals surface area contributed by atoms with E-state index in [1.807, 2.05) is 0 Å². The van der Waals surface area contributed by atoms with Gasteiger partial charge in [-0.05, 0) is 54.8 Å². The predicted octanol–water partition coefficient (Wildman–Crippen LogP) is 3.96. The van der Waals surface area contributed by atoms with Gasteiger partial charge in [-0.25, -0.2) is 8.42 Å². The first kappa shape index (κ1) is 18.0. The Morgan fingerprint density at radius 1 is 1.16 bits per heavy atom. The Morgan fingerprint density at radius 2 is 1.92 bits per heavy atom. The summed E-state index contributed by atoms with van der Waals surface area (Å²) in [7, 11) is -3.33. The average molecular weight is 399 g/mol. The normalized spacial score (nSPS) is 14.1. The number of anilines is 2. The number of carbonyl (C=O) groups is 1. The lowest BCUT2D eigenvalue weighted by Gasteiger charge is -2.29. The van der Waals surface area contributed by atoms with Crippen LogP contribution in [0.15, 0.2) is 36.4 Å². The molecule has 8 heteroatoms. The maximum atomic E-state index is 12.5. The summed E-state index contributed by atoms with van der Waals surface area (Å²) >= 11 is 11.9. The van der Waals surface area contributed by atoms with E-state index in [0.29, 0.717) is 39.9 Å². The number of aryl methyl sites for hydroxylation is 1. The van der Waals surface area contributed by atoms with E-state index in [1.54, 1.807) is 36.4 Å². The summed E-state index contributed by atoms with van der Waals surface area (Å²) in [6.07, 6.45) is 2.63. The van der Waals surface area contributed by atoms with Gasteiger partial charge < -0.3 is 5.32 Å². The fraction of sp³-hybridized carbons (Fsp3) is 0.235. The number of fused-ring (bicyclic) bond motifs is 1. The van der Waals surface area contributed by atoms with Gasteiger partial charge in [0, 0.05) is 17.1 Å². The number of amides is 1. The molecule has 0 radical (unpaired) electrons. The van der Waals surface area contributed by atoms with E-state index in [9.17, 15) is 13.2 Å². The van der Waals surface area contributed by atoms with Gasteiger partial charge in [-0.3, -0.25) is 9.10 Å². The van der Waals surface area contributed by atoms with Gasteiger partial charge >= 0.3 is 0 Å². The van der Waals surface area contributed by atoms with Crippen molar-refractivity contribution in [2.24, 2.45) is 0 Å². The number of rotatable bonds is 3.